The molecule has 2 fully saturated rings. The molecule has 0 unspecified atom stereocenters. The maximum absolute atomic E-state index is 12.8. The molecule has 0 aromatic heterocycles. The molecular weight excluding hydrogens is 359 g/mol. The molecule has 3 rings (SSSR count). The summed E-state index contributed by atoms with van der Waals surface area (Å²) in [6, 6.07) is 3.14. The number of benzene rings is 1. The lowest BCUT2D eigenvalue weighted by molar-refractivity contribution is -0.137. The van der Waals surface area contributed by atoms with Crippen molar-refractivity contribution in [2.24, 2.45) is 0 Å². The highest BCUT2D eigenvalue weighted by Crippen LogP contribution is 2.38. The fourth-order valence-electron chi connectivity index (χ4n) is 3.51. The monoisotopic (exact) mass is 373 g/mol. The van der Waals surface area contributed by atoms with E-state index in [4.69, 9.17) is 21.6 Å². The molecule has 25 heavy (non-hydrogen) atoms. The number of ether oxygens (including phenoxy) is 1. The summed E-state index contributed by atoms with van der Waals surface area (Å²) in [5.74, 6) is -0.516. The number of halogens is 4. The van der Waals surface area contributed by atoms with Crippen molar-refractivity contribution in [2.75, 3.05) is 6.61 Å². The highest BCUT2D eigenvalue weighted by molar-refractivity contribution is 6.31. The Morgan fingerprint density at radius 2 is 2.20 bits per heavy atom. The molecule has 0 saturated carbocycles. The Kier molecular flexibility index (Phi) is 4.69. The van der Waals surface area contributed by atoms with E-state index in [1.165, 1.54) is 6.07 Å². The first-order valence-electron chi connectivity index (χ1n) is 7.76. The van der Waals surface area contributed by atoms with Gasteiger partial charge in [-0.3, -0.25) is 4.79 Å². The van der Waals surface area contributed by atoms with E-state index < -0.39 is 29.3 Å². The largest absolute Gasteiger partial charge is 0.484 e. The van der Waals surface area contributed by atoms with Crippen LogP contribution in [0.1, 0.15) is 24.8 Å². The second-order valence-electron chi connectivity index (χ2n) is 6.14. The van der Waals surface area contributed by atoms with Gasteiger partial charge in [0.25, 0.3) is 5.91 Å². The molecule has 9 heteroatoms. The minimum atomic E-state index is -4.59. The third kappa shape index (κ3) is 3.61. The van der Waals surface area contributed by atoms with Crippen molar-refractivity contribution in [2.45, 2.75) is 43.6 Å². The molecule has 2 heterocycles. The van der Waals surface area contributed by atoms with E-state index in [-0.39, 0.29) is 23.9 Å². The van der Waals surface area contributed by atoms with Gasteiger partial charge in [0, 0.05) is 6.04 Å². The van der Waals surface area contributed by atoms with Crippen LogP contribution >= 0.6 is 11.6 Å². The van der Waals surface area contributed by atoms with Crippen LogP contribution in [0.3, 0.4) is 0 Å². The van der Waals surface area contributed by atoms with Crippen molar-refractivity contribution in [1.82, 2.24) is 10.2 Å². The highest BCUT2D eigenvalue weighted by atomic mass is 35.5. The van der Waals surface area contributed by atoms with Gasteiger partial charge in [-0.1, -0.05) is 11.6 Å². The van der Waals surface area contributed by atoms with Crippen LogP contribution in [0.2, 0.25) is 5.02 Å². The molecular formula is C16H15ClF3N3O2. The lowest BCUT2D eigenvalue weighted by Gasteiger charge is -2.22. The van der Waals surface area contributed by atoms with Gasteiger partial charge >= 0.3 is 6.18 Å². The number of nitrogens with one attached hydrogen (secondary N) is 1. The summed E-state index contributed by atoms with van der Waals surface area (Å²) in [4.78, 5) is 13.7. The Balaban J connectivity index is 1.56. The smallest absolute Gasteiger partial charge is 0.417 e. The fraction of sp³-hybridized carbons (Fsp3) is 0.500. The SMILES string of the molecule is N#CN1[C@H]2CC[C@@H]1[C@H](NC(=O)COc1ccc(Cl)c(C(F)(F)F)c1)C2. The van der Waals surface area contributed by atoms with Gasteiger partial charge in [0.2, 0.25) is 0 Å². The van der Waals surface area contributed by atoms with Crippen LogP contribution in [0, 0.1) is 11.5 Å². The molecule has 1 N–H and O–H groups in total. The average molecular weight is 374 g/mol. The van der Waals surface area contributed by atoms with Gasteiger partial charge in [0.15, 0.2) is 12.8 Å². The number of rotatable bonds is 4. The molecule has 2 bridgehead atoms. The van der Waals surface area contributed by atoms with Crippen molar-refractivity contribution >= 4 is 17.5 Å². The van der Waals surface area contributed by atoms with Gasteiger partial charge < -0.3 is 15.0 Å². The Labute approximate surface area is 147 Å². The summed E-state index contributed by atoms with van der Waals surface area (Å²) < 4.78 is 43.6. The molecule has 0 spiro atoms. The van der Waals surface area contributed by atoms with Crippen molar-refractivity contribution in [3.8, 4) is 11.9 Å². The lowest BCUT2D eigenvalue weighted by Crippen LogP contribution is -2.44. The number of alkyl halides is 3. The molecule has 3 atom stereocenters. The number of hydrogen-bond acceptors (Lipinski definition) is 4. The number of fused-ring (bicyclic) bond motifs is 2. The number of nitriles is 1. The van der Waals surface area contributed by atoms with Gasteiger partial charge in [-0.25, -0.2) is 0 Å². The van der Waals surface area contributed by atoms with E-state index in [1.807, 2.05) is 0 Å². The molecule has 2 aliphatic rings. The van der Waals surface area contributed by atoms with E-state index in [0.717, 1.165) is 25.0 Å². The van der Waals surface area contributed by atoms with E-state index in [9.17, 15) is 18.0 Å². The zero-order chi connectivity index (χ0) is 18.2. The summed E-state index contributed by atoms with van der Waals surface area (Å²) in [5.41, 5.74) is -1.01. The number of amides is 1. The van der Waals surface area contributed by atoms with Crippen LogP contribution in [0.15, 0.2) is 18.2 Å². The van der Waals surface area contributed by atoms with E-state index in [1.54, 1.807) is 4.90 Å². The summed E-state index contributed by atoms with van der Waals surface area (Å²) in [6.45, 7) is -0.403. The molecule has 0 radical (unpaired) electrons. The van der Waals surface area contributed by atoms with E-state index in [2.05, 4.69) is 11.5 Å². The molecule has 2 saturated heterocycles. The van der Waals surface area contributed by atoms with Gasteiger partial charge in [-0.15, -0.1) is 0 Å². The first kappa shape index (κ1) is 17.7. The summed E-state index contributed by atoms with van der Waals surface area (Å²) in [7, 11) is 0. The molecule has 1 aromatic carbocycles. The van der Waals surface area contributed by atoms with Crippen LogP contribution in [-0.4, -0.2) is 35.5 Å². The topological polar surface area (TPSA) is 65.4 Å². The highest BCUT2D eigenvalue weighted by Gasteiger charge is 2.46. The van der Waals surface area contributed by atoms with E-state index in [0.29, 0.717) is 6.42 Å². The van der Waals surface area contributed by atoms with Crippen molar-refractivity contribution in [3.63, 3.8) is 0 Å². The fourth-order valence-corrected chi connectivity index (χ4v) is 3.73. The van der Waals surface area contributed by atoms with Gasteiger partial charge in [-0.05, 0) is 37.5 Å². The molecule has 1 amide bonds. The normalized spacial score (nSPS) is 24.9. The van der Waals surface area contributed by atoms with Crippen LogP contribution in [-0.2, 0) is 11.0 Å². The van der Waals surface area contributed by atoms with Crippen molar-refractivity contribution in [1.29, 1.82) is 5.26 Å². The zero-order valence-electron chi connectivity index (χ0n) is 13.0. The Hall–Kier alpha value is -2.14. The predicted octanol–water partition coefficient (Wildman–Crippen LogP) is 2.94. The quantitative estimate of drug-likeness (QED) is 0.824. The molecule has 2 aliphatic heterocycles. The van der Waals surface area contributed by atoms with Crippen LogP contribution in [0.5, 0.6) is 5.75 Å². The minimum Gasteiger partial charge on any atom is -0.484 e. The molecule has 1 aromatic rings. The first-order chi connectivity index (χ1) is 11.8. The number of hydrogen-bond donors (Lipinski definition) is 1. The number of nitrogens with zero attached hydrogens (tertiary/aromatic N) is 2. The maximum atomic E-state index is 12.8. The number of carbonyl (C=O) groups is 1. The minimum absolute atomic E-state index is 0.00804. The summed E-state index contributed by atoms with van der Waals surface area (Å²) in [5, 5.41) is 11.5. The Bertz CT molecular complexity index is 720. The Morgan fingerprint density at radius 3 is 2.84 bits per heavy atom. The second kappa shape index (κ2) is 6.64. The molecule has 5 nitrogen and oxygen atoms in total. The first-order valence-corrected chi connectivity index (χ1v) is 8.14. The zero-order valence-corrected chi connectivity index (χ0v) is 13.8. The maximum Gasteiger partial charge on any atom is 0.417 e. The second-order valence-corrected chi connectivity index (χ2v) is 6.55. The Morgan fingerprint density at radius 1 is 1.44 bits per heavy atom. The predicted molar refractivity (Wildman–Crippen MR) is 82.8 cm³/mol. The third-order valence-electron chi connectivity index (χ3n) is 4.61. The summed E-state index contributed by atoms with van der Waals surface area (Å²) >= 11 is 5.53. The van der Waals surface area contributed by atoms with Crippen LogP contribution in [0.4, 0.5) is 13.2 Å². The standard InChI is InChI=1S/C16H15ClF3N3O2/c17-12-3-2-10(6-11(12)16(18,19)20)25-7-15(24)22-13-5-9-1-4-14(13)23(9)8-21/h2-3,6,9,13-14H,1,4-5,7H2,(H,22,24)/t9-,13+,14+/m0/s1. The third-order valence-corrected chi connectivity index (χ3v) is 4.94. The van der Waals surface area contributed by atoms with Crippen molar-refractivity contribution < 1.29 is 22.7 Å². The molecule has 0 aliphatic carbocycles. The van der Waals surface area contributed by atoms with Crippen LogP contribution < -0.4 is 10.1 Å². The number of carbonyl (C=O) groups excluding carboxylic acids is 1. The van der Waals surface area contributed by atoms with Gasteiger partial charge in [0.1, 0.15) is 5.75 Å². The van der Waals surface area contributed by atoms with Crippen LogP contribution in [0.25, 0.3) is 0 Å². The van der Waals surface area contributed by atoms with Gasteiger partial charge in [-0.2, -0.15) is 18.4 Å². The average Bonchev–Trinajstić information content (AvgIpc) is 3.09. The van der Waals surface area contributed by atoms with Gasteiger partial charge in [0.05, 0.1) is 22.7 Å². The molecule has 134 valence electrons. The van der Waals surface area contributed by atoms with E-state index >= 15 is 0 Å². The summed E-state index contributed by atoms with van der Waals surface area (Å²) in [6.07, 6.45) is 0.0272. The van der Waals surface area contributed by atoms with Crippen molar-refractivity contribution in [3.05, 3.63) is 28.8 Å². The lowest BCUT2D eigenvalue weighted by atomic mass is 9.95.